The Morgan fingerprint density at radius 2 is 2.39 bits per heavy atom. The van der Waals surface area contributed by atoms with Crippen LogP contribution in [0.25, 0.3) is 0 Å². The minimum Gasteiger partial charge on any atom is -0.480 e. The molecule has 0 aliphatic carbocycles. The highest BCUT2D eigenvalue weighted by Gasteiger charge is 2.32. The lowest BCUT2D eigenvalue weighted by atomic mass is 10.2. The molecule has 2 amide bonds. The summed E-state index contributed by atoms with van der Waals surface area (Å²) in [6.07, 6.45) is 2.73. The first-order valence-corrected chi connectivity index (χ1v) is 7.48. The van der Waals surface area contributed by atoms with Crippen molar-refractivity contribution in [1.29, 1.82) is 0 Å². The Bertz CT molecular complexity index is 655. The smallest absolute Gasteiger partial charge is 0.325 e. The summed E-state index contributed by atoms with van der Waals surface area (Å²) < 4.78 is 5.04. The van der Waals surface area contributed by atoms with Crippen LogP contribution in [0.1, 0.15) is 19.1 Å². The Morgan fingerprint density at radius 1 is 1.61 bits per heavy atom. The van der Waals surface area contributed by atoms with Crippen LogP contribution in [0.4, 0.5) is 0 Å². The number of carbonyl (C=O) groups is 3. The summed E-state index contributed by atoms with van der Waals surface area (Å²) in [5.74, 6) is -1.52. The molecule has 122 valence electrons. The number of rotatable bonds is 6. The molecule has 1 fully saturated rings. The molecule has 0 radical (unpaired) electrons. The van der Waals surface area contributed by atoms with Crippen molar-refractivity contribution in [3.63, 3.8) is 0 Å². The van der Waals surface area contributed by atoms with Crippen molar-refractivity contribution >= 4 is 40.9 Å². The van der Waals surface area contributed by atoms with Gasteiger partial charge < -0.3 is 20.2 Å². The van der Waals surface area contributed by atoms with E-state index >= 15 is 0 Å². The molecule has 1 aliphatic heterocycles. The minimum atomic E-state index is -1.14. The largest absolute Gasteiger partial charge is 0.480 e. The maximum Gasteiger partial charge on any atom is 0.325 e. The van der Waals surface area contributed by atoms with Crippen LogP contribution in [-0.2, 0) is 14.4 Å². The van der Waals surface area contributed by atoms with Crippen molar-refractivity contribution in [2.75, 3.05) is 0 Å². The zero-order chi connectivity index (χ0) is 16.8. The van der Waals surface area contributed by atoms with Gasteiger partial charge in [0.05, 0.1) is 12.5 Å². The molecule has 1 aliphatic rings. The van der Waals surface area contributed by atoms with E-state index in [4.69, 9.17) is 9.52 Å². The first-order chi connectivity index (χ1) is 11.0. The number of nitrogens with one attached hydrogen (secondary N) is 2. The number of thioether (sulfide) groups is 1. The Kier molecular flexibility index (Phi) is 5.52. The number of hydrogen-bond donors (Lipinski definition) is 3. The van der Waals surface area contributed by atoms with Crippen LogP contribution in [0.15, 0.2) is 33.0 Å². The van der Waals surface area contributed by atoms with Crippen molar-refractivity contribution in [1.82, 2.24) is 10.6 Å². The summed E-state index contributed by atoms with van der Waals surface area (Å²) in [6.45, 7) is 1.35. The van der Waals surface area contributed by atoms with Gasteiger partial charge in [-0.1, -0.05) is 11.8 Å². The lowest BCUT2D eigenvalue weighted by molar-refractivity contribution is -0.141. The van der Waals surface area contributed by atoms with Gasteiger partial charge in [0.2, 0.25) is 11.8 Å². The van der Waals surface area contributed by atoms with Crippen molar-refractivity contribution in [2.24, 2.45) is 10.2 Å². The molecule has 23 heavy (non-hydrogen) atoms. The molecular weight excluding hydrogens is 324 g/mol. The fourth-order valence-corrected chi connectivity index (χ4v) is 2.54. The number of carboxylic acid groups (broad SMARTS) is 1. The maximum atomic E-state index is 11.8. The van der Waals surface area contributed by atoms with E-state index in [9.17, 15) is 14.4 Å². The third kappa shape index (κ3) is 4.95. The number of carboxylic acids is 1. The monoisotopic (exact) mass is 338 g/mol. The lowest BCUT2D eigenvalue weighted by Gasteiger charge is -2.10. The number of nitrogens with zero attached hydrogens (tertiary/aromatic N) is 2. The molecule has 0 unspecified atom stereocenters. The van der Waals surface area contributed by atoms with Crippen LogP contribution in [0, 0.1) is 0 Å². The molecule has 0 saturated carbocycles. The van der Waals surface area contributed by atoms with Gasteiger partial charge in [0.25, 0.3) is 0 Å². The molecule has 2 rings (SSSR count). The van der Waals surface area contributed by atoms with Crippen molar-refractivity contribution in [2.45, 2.75) is 24.6 Å². The van der Waals surface area contributed by atoms with Crippen LogP contribution in [-0.4, -0.2) is 45.6 Å². The lowest BCUT2D eigenvalue weighted by Crippen LogP contribution is -2.40. The summed E-state index contributed by atoms with van der Waals surface area (Å²) >= 11 is 1.06. The molecule has 0 bridgehead atoms. The van der Waals surface area contributed by atoms with Crippen LogP contribution in [0.5, 0.6) is 0 Å². The molecule has 0 aromatic carbocycles. The summed E-state index contributed by atoms with van der Waals surface area (Å²) in [7, 11) is 0. The molecule has 0 spiro atoms. The fraction of sp³-hybridized carbons (Fsp3) is 0.308. The number of furan rings is 1. The van der Waals surface area contributed by atoms with Crippen molar-refractivity contribution in [3.8, 4) is 0 Å². The molecule has 3 N–H and O–H groups in total. The second-order valence-corrected chi connectivity index (χ2v) is 5.78. The number of amides is 2. The molecule has 9 nitrogen and oxygen atoms in total. The average Bonchev–Trinajstić information content (AvgIpc) is 3.09. The second-order valence-electron chi connectivity index (χ2n) is 4.59. The first-order valence-electron chi connectivity index (χ1n) is 6.60. The van der Waals surface area contributed by atoms with Crippen LogP contribution in [0.3, 0.4) is 0 Å². The van der Waals surface area contributed by atoms with Gasteiger partial charge in [-0.15, -0.1) is 5.10 Å². The predicted molar refractivity (Wildman–Crippen MR) is 83.1 cm³/mol. The van der Waals surface area contributed by atoms with Crippen LogP contribution >= 0.6 is 11.8 Å². The van der Waals surface area contributed by atoms with E-state index in [1.54, 1.807) is 12.1 Å². The molecule has 2 heterocycles. The Labute approximate surface area is 135 Å². The molecule has 1 aromatic heterocycles. The number of amidine groups is 1. The second kappa shape index (κ2) is 7.58. The van der Waals surface area contributed by atoms with Gasteiger partial charge in [-0.2, -0.15) is 5.10 Å². The van der Waals surface area contributed by atoms with Gasteiger partial charge in [0.1, 0.15) is 17.1 Å². The standard InChI is InChI=1S/C13H14N4O5S/c1-7(12(20)21)15-10(18)5-9-11(19)16-13(23-9)17-14-6-8-3-2-4-22-8/h2-4,6-7,9H,5H2,1H3,(H,15,18)(H,20,21)(H,16,17,19)/b14-6-/t7-,9+/m0/s1. The third-order valence-corrected chi connectivity index (χ3v) is 3.84. The van der Waals surface area contributed by atoms with E-state index < -0.39 is 23.2 Å². The molecular formula is C13H14N4O5S. The zero-order valence-electron chi connectivity index (χ0n) is 12.1. The van der Waals surface area contributed by atoms with E-state index in [0.717, 1.165) is 11.8 Å². The normalized spacial score (nSPS) is 20.7. The summed E-state index contributed by atoms with van der Waals surface area (Å²) in [4.78, 5) is 34.1. The van der Waals surface area contributed by atoms with Gasteiger partial charge >= 0.3 is 5.97 Å². The van der Waals surface area contributed by atoms with E-state index in [0.29, 0.717) is 5.76 Å². The zero-order valence-corrected chi connectivity index (χ0v) is 12.9. The highest BCUT2D eigenvalue weighted by molar-refractivity contribution is 8.15. The maximum absolute atomic E-state index is 11.8. The predicted octanol–water partition coefficient (Wildman–Crippen LogP) is 0.180. The minimum absolute atomic E-state index is 0.144. The third-order valence-electron chi connectivity index (χ3n) is 2.77. The van der Waals surface area contributed by atoms with Gasteiger partial charge in [-0.3, -0.25) is 14.4 Å². The fourth-order valence-electron chi connectivity index (χ4n) is 1.62. The number of hydrogen-bond acceptors (Lipinski definition) is 7. The molecule has 10 heteroatoms. The van der Waals surface area contributed by atoms with Crippen molar-refractivity contribution in [3.05, 3.63) is 24.2 Å². The highest BCUT2D eigenvalue weighted by Crippen LogP contribution is 2.22. The highest BCUT2D eigenvalue weighted by atomic mass is 32.2. The van der Waals surface area contributed by atoms with Gasteiger partial charge in [-0.05, 0) is 19.1 Å². The molecule has 1 aromatic rings. The van der Waals surface area contributed by atoms with E-state index in [1.807, 2.05) is 0 Å². The quantitative estimate of drug-likeness (QED) is 0.500. The summed E-state index contributed by atoms with van der Waals surface area (Å²) in [5.41, 5.74) is 0. The Hall–Kier alpha value is -2.62. The van der Waals surface area contributed by atoms with Crippen LogP contribution in [0.2, 0.25) is 0 Å². The Morgan fingerprint density at radius 3 is 3.04 bits per heavy atom. The first kappa shape index (κ1) is 16.7. The molecule has 1 saturated heterocycles. The van der Waals surface area contributed by atoms with Crippen molar-refractivity contribution < 1.29 is 23.9 Å². The molecule has 2 atom stereocenters. The van der Waals surface area contributed by atoms with Gasteiger partial charge in [-0.25, -0.2) is 0 Å². The Balaban J connectivity index is 1.87. The van der Waals surface area contributed by atoms with E-state index in [1.165, 1.54) is 19.4 Å². The van der Waals surface area contributed by atoms with Crippen LogP contribution < -0.4 is 10.6 Å². The summed E-state index contributed by atoms with van der Waals surface area (Å²) in [6, 6.07) is 2.39. The average molecular weight is 338 g/mol. The van der Waals surface area contributed by atoms with Gasteiger partial charge in [0, 0.05) is 6.42 Å². The number of aliphatic carboxylic acids is 1. The summed E-state index contributed by atoms with van der Waals surface area (Å²) in [5, 5.41) is 20.7. The topological polar surface area (TPSA) is 133 Å². The van der Waals surface area contributed by atoms with E-state index in [2.05, 4.69) is 20.8 Å². The number of carbonyl (C=O) groups excluding carboxylic acids is 2. The van der Waals surface area contributed by atoms with Gasteiger partial charge in [0.15, 0.2) is 5.17 Å². The van der Waals surface area contributed by atoms with E-state index in [-0.39, 0.29) is 17.5 Å². The SMILES string of the molecule is C[C@H](NC(=O)C[C@H]1S/C(=N\N=C/c2ccco2)NC1=O)C(=O)O.